The Kier molecular flexibility index (Phi) is 1.50. The first kappa shape index (κ1) is 9.37. The van der Waals surface area contributed by atoms with Crippen molar-refractivity contribution in [3.63, 3.8) is 0 Å². The second-order valence-corrected chi connectivity index (χ2v) is 4.74. The lowest BCUT2D eigenvalue weighted by molar-refractivity contribution is -0.157. The first-order chi connectivity index (χ1) is 6.34. The van der Waals surface area contributed by atoms with Gasteiger partial charge >= 0.3 is 5.97 Å². The number of carbonyl (C=O) groups is 3. The third-order valence-electron chi connectivity index (χ3n) is 3.98. The summed E-state index contributed by atoms with van der Waals surface area (Å²) < 4.78 is 0. The van der Waals surface area contributed by atoms with E-state index in [4.69, 9.17) is 5.11 Å². The summed E-state index contributed by atoms with van der Waals surface area (Å²) in [4.78, 5) is 34.2. The number of hydrogen-bond acceptors (Lipinski definition) is 3. The Balaban J connectivity index is 2.56. The minimum Gasteiger partial charge on any atom is -0.480 e. The number of carboxylic acid groups (broad SMARTS) is 1. The summed E-state index contributed by atoms with van der Waals surface area (Å²) in [6.45, 7) is 3.55. The van der Waals surface area contributed by atoms with Crippen LogP contribution in [-0.2, 0) is 14.4 Å². The molecule has 0 saturated heterocycles. The molecule has 0 aromatic heterocycles. The van der Waals surface area contributed by atoms with Crippen molar-refractivity contribution in [1.29, 1.82) is 0 Å². The maximum atomic E-state index is 11.6. The van der Waals surface area contributed by atoms with E-state index < -0.39 is 28.4 Å². The van der Waals surface area contributed by atoms with Gasteiger partial charge in [-0.05, 0) is 18.8 Å². The Bertz CT molecular complexity index is 359. The van der Waals surface area contributed by atoms with Crippen LogP contribution in [0.1, 0.15) is 26.7 Å². The minimum absolute atomic E-state index is 0.0104. The number of hydrogen-bond donors (Lipinski definition) is 1. The molecule has 0 aliphatic heterocycles. The van der Waals surface area contributed by atoms with Crippen molar-refractivity contribution in [1.82, 2.24) is 0 Å². The van der Waals surface area contributed by atoms with Crippen LogP contribution in [-0.4, -0.2) is 22.6 Å². The molecule has 2 saturated carbocycles. The predicted octanol–water partition coefficient (Wildman–Crippen LogP) is 0.645. The van der Waals surface area contributed by atoms with E-state index in [1.165, 1.54) is 0 Å². The lowest BCUT2D eigenvalue weighted by Crippen LogP contribution is -2.42. The number of rotatable bonds is 1. The monoisotopic (exact) mass is 196 g/mol. The van der Waals surface area contributed by atoms with Crippen LogP contribution in [0.4, 0.5) is 0 Å². The average molecular weight is 196 g/mol. The van der Waals surface area contributed by atoms with Crippen molar-refractivity contribution in [2.24, 2.45) is 16.7 Å². The molecule has 14 heavy (non-hydrogen) atoms. The molecule has 3 unspecified atom stereocenters. The van der Waals surface area contributed by atoms with Gasteiger partial charge in [0.05, 0.1) is 0 Å². The average Bonchev–Trinajstić information content (AvgIpc) is 2.47. The highest BCUT2D eigenvalue weighted by Crippen LogP contribution is 2.60. The molecule has 4 nitrogen and oxygen atoms in total. The number of carbonyl (C=O) groups excluding carboxylic acids is 2. The van der Waals surface area contributed by atoms with Crippen molar-refractivity contribution in [2.45, 2.75) is 26.7 Å². The largest absolute Gasteiger partial charge is 0.480 e. The summed E-state index contributed by atoms with van der Waals surface area (Å²) in [5.41, 5.74) is -2.12. The van der Waals surface area contributed by atoms with Crippen molar-refractivity contribution < 1.29 is 19.5 Å². The Labute approximate surface area is 81.3 Å². The van der Waals surface area contributed by atoms with Gasteiger partial charge in [0.15, 0.2) is 0 Å². The van der Waals surface area contributed by atoms with Crippen LogP contribution in [0.2, 0.25) is 0 Å². The molecule has 76 valence electrons. The Morgan fingerprint density at radius 1 is 1.43 bits per heavy atom. The highest BCUT2D eigenvalue weighted by atomic mass is 16.4. The third kappa shape index (κ3) is 0.728. The number of aliphatic carboxylic acids is 1. The second kappa shape index (κ2) is 2.24. The minimum atomic E-state index is -1.40. The van der Waals surface area contributed by atoms with Crippen molar-refractivity contribution in [2.75, 3.05) is 0 Å². The number of carboxylic acids is 1. The van der Waals surface area contributed by atoms with Gasteiger partial charge in [-0.15, -0.1) is 0 Å². The second-order valence-electron chi connectivity index (χ2n) is 4.74. The van der Waals surface area contributed by atoms with Gasteiger partial charge in [0, 0.05) is 5.41 Å². The van der Waals surface area contributed by atoms with E-state index in [0.717, 1.165) is 0 Å². The summed E-state index contributed by atoms with van der Waals surface area (Å²) >= 11 is 0. The van der Waals surface area contributed by atoms with Crippen LogP contribution in [0.15, 0.2) is 0 Å². The summed E-state index contributed by atoms with van der Waals surface area (Å²) in [6, 6.07) is 0. The lowest BCUT2D eigenvalue weighted by atomic mass is 9.74. The smallest absolute Gasteiger partial charge is 0.317 e. The molecule has 2 rings (SSSR count). The SMILES string of the molecule is CC1CC2(C(=O)O)CC1(C)C(=O)C2=O. The topological polar surface area (TPSA) is 71.4 Å². The molecule has 2 bridgehead atoms. The predicted molar refractivity (Wildman–Crippen MR) is 46.6 cm³/mol. The van der Waals surface area contributed by atoms with E-state index in [1.807, 2.05) is 6.92 Å². The molecule has 3 atom stereocenters. The van der Waals surface area contributed by atoms with Crippen LogP contribution >= 0.6 is 0 Å². The summed E-state index contributed by atoms with van der Waals surface area (Å²) in [7, 11) is 0. The maximum Gasteiger partial charge on any atom is 0.317 e. The molecule has 1 N–H and O–H groups in total. The van der Waals surface area contributed by atoms with Gasteiger partial charge < -0.3 is 5.11 Å². The standard InChI is InChI=1S/C10H12O4/c1-5-3-10(8(13)14)4-9(5,2)6(11)7(10)12/h5H,3-4H2,1-2H3,(H,13,14). The van der Waals surface area contributed by atoms with Crippen LogP contribution in [0, 0.1) is 16.7 Å². The van der Waals surface area contributed by atoms with E-state index in [2.05, 4.69) is 0 Å². The molecular formula is C10H12O4. The van der Waals surface area contributed by atoms with Gasteiger partial charge in [0.25, 0.3) is 0 Å². The Hall–Kier alpha value is -1.19. The molecule has 2 aliphatic rings. The van der Waals surface area contributed by atoms with Gasteiger partial charge in [-0.2, -0.15) is 0 Å². The number of ketones is 2. The van der Waals surface area contributed by atoms with Crippen molar-refractivity contribution in [3.05, 3.63) is 0 Å². The Morgan fingerprint density at radius 2 is 2.00 bits per heavy atom. The van der Waals surface area contributed by atoms with Gasteiger partial charge in [0.1, 0.15) is 5.41 Å². The summed E-state index contributed by atoms with van der Waals surface area (Å²) in [5, 5.41) is 9.04. The molecule has 0 heterocycles. The van der Waals surface area contributed by atoms with Crippen LogP contribution in [0.3, 0.4) is 0 Å². The molecule has 0 amide bonds. The molecule has 2 fully saturated rings. The van der Waals surface area contributed by atoms with Gasteiger partial charge in [0.2, 0.25) is 11.6 Å². The normalized spacial score (nSPS) is 46.0. The summed E-state index contributed by atoms with van der Waals surface area (Å²) in [6.07, 6.45) is 0.498. The Morgan fingerprint density at radius 3 is 2.36 bits per heavy atom. The maximum absolute atomic E-state index is 11.6. The molecule has 0 spiro atoms. The van der Waals surface area contributed by atoms with Crippen LogP contribution in [0.25, 0.3) is 0 Å². The molecule has 2 aliphatic carbocycles. The van der Waals surface area contributed by atoms with E-state index in [0.29, 0.717) is 6.42 Å². The molecule has 4 heteroatoms. The van der Waals surface area contributed by atoms with Crippen LogP contribution in [0.5, 0.6) is 0 Å². The van der Waals surface area contributed by atoms with Gasteiger partial charge in [-0.25, -0.2) is 0 Å². The zero-order valence-corrected chi connectivity index (χ0v) is 8.16. The van der Waals surface area contributed by atoms with E-state index >= 15 is 0 Å². The molecule has 0 aromatic carbocycles. The number of Topliss-reactive ketones (excluding diaryl/α,β-unsaturated/α-hetero) is 2. The molecule has 0 aromatic rings. The molecular weight excluding hydrogens is 184 g/mol. The molecule has 0 radical (unpaired) electrons. The highest BCUT2D eigenvalue weighted by Gasteiger charge is 2.70. The summed E-state index contributed by atoms with van der Waals surface area (Å²) in [5.74, 6) is -2.32. The fourth-order valence-electron chi connectivity index (χ4n) is 2.84. The number of fused-ring (bicyclic) bond motifs is 2. The van der Waals surface area contributed by atoms with Crippen molar-refractivity contribution >= 4 is 17.5 Å². The quantitative estimate of drug-likeness (QED) is 0.493. The highest BCUT2D eigenvalue weighted by molar-refractivity contribution is 6.47. The zero-order valence-electron chi connectivity index (χ0n) is 8.16. The first-order valence-electron chi connectivity index (χ1n) is 4.67. The fraction of sp³-hybridized carbons (Fsp3) is 0.700. The van der Waals surface area contributed by atoms with Gasteiger partial charge in [-0.1, -0.05) is 13.8 Å². The van der Waals surface area contributed by atoms with E-state index in [-0.39, 0.29) is 12.3 Å². The third-order valence-corrected chi connectivity index (χ3v) is 3.98. The van der Waals surface area contributed by atoms with E-state index in [9.17, 15) is 14.4 Å². The van der Waals surface area contributed by atoms with Gasteiger partial charge in [-0.3, -0.25) is 14.4 Å². The van der Waals surface area contributed by atoms with E-state index in [1.54, 1.807) is 6.92 Å². The fourth-order valence-corrected chi connectivity index (χ4v) is 2.84. The van der Waals surface area contributed by atoms with Crippen LogP contribution < -0.4 is 0 Å². The lowest BCUT2D eigenvalue weighted by Gasteiger charge is -2.26. The zero-order chi connectivity index (χ0) is 10.7. The van der Waals surface area contributed by atoms with Crippen molar-refractivity contribution in [3.8, 4) is 0 Å². The first-order valence-corrected chi connectivity index (χ1v) is 4.67.